The van der Waals surface area contributed by atoms with E-state index in [2.05, 4.69) is 12.2 Å². The van der Waals surface area contributed by atoms with Crippen LogP contribution in [0.2, 0.25) is 0 Å². The van der Waals surface area contributed by atoms with Crippen LogP contribution in [0.25, 0.3) is 0 Å². The fraction of sp³-hybridized carbons (Fsp3) is 0.818. The lowest BCUT2D eigenvalue weighted by molar-refractivity contribution is -0.141. The molecule has 17 heavy (non-hydrogen) atoms. The molecule has 1 heterocycles. The van der Waals surface area contributed by atoms with Gasteiger partial charge in [0.05, 0.1) is 6.10 Å². The predicted octanol–water partition coefficient (Wildman–Crippen LogP) is 0.0159. The van der Waals surface area contributed by atoms with E-state index in [9.17, 15) is 14.7 Å². The van der Waals surface area contributed by atoms with Gasteiger partial charge < -0.3 is 20.4 Å². The molecule has 1 saturated heterocycles. The summed E-state index contributed by atoms with van der Waals surface area (Å²) in [7, 11) is 0. The molecule has 6 nitrogen and oxygen atoms in total. The smallest absolute Gasteiger partial charge is 0.326 e. The van der Waals surface area contributed by atoms with Gasteiger partial charge in [0.25, 0.3) is 0 Å². The Kier molecular flexibility index (Phi) is 2.99. The standard InChI is InChI=1S/C11H18N2O4/c1-11(2-3-11)6-12-10(17)13-5-7(14)4-8(13)9(15)16/h7-8,14H,2-6H2,1H3,(H,12,17)(H,15,16)/t7-,8-/m0/s1. The van der Waals surface area contributed by atoms with E-state index in [1.165, 1.54) is 4.90 Å². The van der Waals surface area contributed by atoms with Gasteiger partial charge in [-0.15, -0.1) is 0 Å². The van der Waals surface area contributed by atoms with Crippen molar-refractivity contribution >= 4 is 12.0 Å². The van der Waals surface area contributed by atoms with E-state index < -0.39 is 18.1 Å². The minimum atomic E-state index is -1.06. The molecule has 2 aliphatic rings. The van der Waals surface area contributed by atoms with Crippen molar-refractivity contribution in [2.45, 2.75) is 38.3 Å². The van der Waals surface area contributed by atoms with Crippen LogP contribution in [0.15, 0.2) is 0 Å². The first kappa shape index (κ1) is 12.2. The second kappa shape index (κ2) is 4.18. The number of nitrogens with one attached hydrogen (secondary N) is 1. The molecule has 1 saturated carbocycles. The average Bonchev–Trinajstić information content (AvgIpc) is 2.85. The Balaban J connectivity index is 1.90. The van der Waals surface area contributed by atoms with Crippen LogP contribution in [0.4, 0.5) is 4.79 Å². The number of likely N-dealkylation sites (tertiary alicyclic amines) is 1. The Labute approximate surface area is 99.6 Å². The SMILES string of the molecule is CC1(CNC(=O)N2C[C@@H](O)C[C@H]2C(=O)O)CC1. The van der Waals surface area contributed by atoms with Crippen LogP contribution in [-0.4, -0.2) is 52.3 Å². The van der Waals surface area contributed by atoms with Gasteiger partial charge in [-0.05, 0) is 18.3 Å². The number of aliphatic hydroxyl groups is 1. The topological polar surface area (TPSA) is 89.9 Å². The normalized spacial score (nSPS) is 30.1. The first-order valence-electron chi connectivity index (χ1n) is 5.87. The summed E-state index contributed by atoms with van der Waals surface area (Å²) in [6.45, 7) is 2.76. The minimum absolute atomic E-state index is 0.0967. The monoisotopic (exact) mass is 242 g/mol. The summed E-state index contributed by atoms with van der Waals surface area (Å²) in [4.78, 5) is 24.0. The third-order valence-corrected chi connectivity index (χ3v) is 3.59. The summed E-state index contributed by atoms with van der Waals surface area (Å²) >= 11 is 0. The molecule has 2 amide bonds. The highest BCUT2D eigenvalue weighted by atomic mass is 16.4. The van der Waals surface area contributed by atoms with Gasteiger partial charge in [-0.3, -0.25) is 0 Å². The van der Waals surface area contributed by atoms with Crippen molar-refractivity contribution < 1.29 is 19.8 Å². The summed E-state index contributed by atoms with van der Waals surface area (Å²) in [6.07, 6.45) is 1.56. The fourth-order valence-electron chi connectivity index (χ4n) is 2.05. The molecule has 2 atom stereocenters. The van der Waals surface area contributed by atoms with Crippen LogP contribution >= 0.6 is 0 Å². The van der Waals surface area contributed by atoms with E-state index in [1.807, 2.05) is 0 Å². The lowest BCUT2D eigenvalue weighted by atomic mass is 10.1. The number of urea groups is 1. The maximum absolute atomic E-state index is 11.8. The number of rotatable bonds is 3. The quantitative estimate of drug-likeness (QED) is 0.650. The van der Waals surface area contributed by atoms with Crippen LogP contribution in [0.5, 0.6) is 0 Å². The fourth-order valence-corrected chi connectivity index (χ4v) is 2.05. The molecule has 6 heteroatoms. The van der Waals surface area contributed by atoms with Crippen molar-refractivity contribution in [3.8, 4) is 0 Å². The van der Waals surface area contributed by atoms with Gasteiger partial charge in [-0.25, -0.2) is 9.59 Å². The molecule has 3 N–H and O–H groups in total. The van der Waals surface area contributed by atoms with Crippen LogP contribution < -0.4 is 5.32 Å². The summed E-state index contributed by atoms with van der Waals surface area (Å²) < 4.78 is 0. The van der Waals surface area contributed by atoms with Crippen molar-refractivity contribution in [2.75, 3.05) is 13.1 Å². The van der Waals surface area contributed by atoms with E-state index in [0.29, 0.717) is 6.54 Å². The van der Waals surface area contributed by atoms with Crippen molar-refractivity contribution in [1.82, 2.24) is 10.2 Å². The number of carboxylic acid groups (broad SMARTS) is 1. The summed E-state index contributed by atoms with van der Waals surface area (Å²) in [6, 6.07) is -1.29. The second-order valence-corrected chi connectivity index (χ2v) is 5.37. The molecule has 0 spiro atoms. The van der Waals surface area contributed by atoms with Gasteiger partial charge in [0.15, 0.2) is 0 Å². The van der Waals surface area contributed by atoms with E-state index in [0.717, 1.165) is 12.8 Å². The number of carbonyl (C=O) groups is 2. The lowest BCUT2D eigenvalue weighted by Crippen LogP contribution is -2.47. The van der Waals surface area contributed by atoms with Crippen LogP contribution in [0.1, 0.15) is 26.2 Å². The first-order chi connectivity index (χ1) is 7.91. The first-order valence-corrected chi connectivity index (χ1v) is 5.87. The highest BCUT2D eigenvalue weighted by molar-refractivity contribution is 5.83. The van der Waals surface area contributed by atoms with E-state index in [1.54, 1.807) is 0 Å². The van der Waals surface area contributed by atoms with E-state index >= 15 is 0 Å². The van der Waals surface area contributed by atoms with Gasteiger partial charge in [0.1, 0.15) is 6.04 Å². The number of carboxylic acids is 1. The van der Waals surface area contributed by atoms with Gasteiger partial charge in [0, 0.05) is 19.5 Å². The van der Waals surface area contributed by atoms with Crippen molar-refractivity contribution in [2.24, 2.45) is 5.41 Å². The molecular formula is C11H18N2O4. The maximum atomic E-state index is 11.8. The zero-order valence-electron chi connectivity index (χ0n) is 9.85. The minimum Gasteiger partial charge on any atom is -0.480 e. The number of aliphatic hydroxyl groups excluding tert-OH is 1. The zero-order valence-corrected chi connectivity index (χ0v) is 9.85. The third-order valence-electron chi connectivity index (χ3n) is 3.59. The van der Waals surface area contributed by atoms with Gasteiger partial charge in [-0.1, -0.05) is 6.92 Å². The van der Waals surface area contributed by atoms with Crippen LogP contribution in [0, 0.1) is 5.41 Å². The molecule has 0 aromatic carbocycles. The summed E-state index contributed by atoms with van der Waals surface area (Å²) in [5, 5.41) is 21.1. The zero-order chi connectivity index (χ0) is 12.6. The molecule has 2 fully saturated rings. The predicted molar refractivity (Wildman–Crippen MR) is 59.5 cm³/mol. The number of carbonyl (C=O) groups excluding carboxylic acids is 1. The number of amides is 2. The lowest BCUT2D eigenvalue weighted by Gasteiger charge is -2.22. The van der Waals surface area contributed by atoms with Crippen molar-refractivity contribution in [3.63, 3.8) is 0 Å². The van der Waals surface area contributed by atoms with Gasteiger partial charge in [-0.2, -0.15) is 0 Å². The van der Waals surface area contributed by atoms with E-state index in [4.69, 9.17) is 5.11 Å². The molecule has 0 aromatic rings. The highest BCUT2D eigenvalue weighted by Crippen LogP contribution is 2.44. The second-order valence-electron chi connectivity index (χ2n) is 5.37. The molecular weight excluding hydrogens is 224 g/mol. The Morgan fingerprint density at radius 1 is 1.47 bits per heavy atom. The Bertz CT molecular complexity index is 340. The number of β-amino-alcohol motifs (C(OH)–C–C–N with tert-alkyl or cyclic N) is 1. The Morgan fingerprint density at radius 2 is 2.12 bits per heavy atom. The average molecular weight is 242 g/mol. The van der Waals surface area contributed by atoms with Crippen LogP contribution in [0.3, 0.4) is 0 Å². The molecule has 0 bridgehead atoms. The van der Waals surface area contributed by atoms with Crippen molar-refractivity contribution in [3.05, 3.63) is 0 Å². The summed E-state index contributed by atoms with van der Waals surface area (Å²) in [5.41, 5.74) is 0.187. The molecule has 1 aliphatic carbocycles. The Morgan fingerprint density at radius 3 is 2.65 bits per heavy atom. The molecule has 1 aliphatic heterocycles. The molecule has 0 radical (unpaired) electrons. The number of nitrogens with zero attached hydrogens (tertiary/aromatic N) is 1. The Hall–Kier alpha value is -1.30. The summed E-state index contributed by atoms with van der Waals surface area (Å²) in [5.74, 6) is -1.06. The van der Waals surface area contributed by atoms with Gasteiger partial charge in [0.2, 0.25) is 0 Å². The van der Waals surface area contributed by atoms with Crippen LogP contribution in [-0.2, 0) is 4.79 Å². The van der Waals surface area contributed by atoms with E-state index in [-0.39, 0.29) is 24.4 Å². The number of hydrogen-bond acceptors (Lipinski definition) is 3. The largest absolute Gasteiger partial charge is 0.480 e. The molecule has 2 rings (SSSR count). The maximum Gasteiger partial charge on any atom is 0.326 e. The molecule has 0 unspecified atom stereocenters. The third kappa shape index (κ3) is 2.69. The molecule has 0 aromatic heterocycles. The number of hydrogen-bond donors (Lipinski definition) is 3. The van der Waals surface area contributed by atoms with Crippen molar-refractivity contribution in [1.29, 1.82) is 0 Å². The van der Waals surface area contributed by atoms with Gasteiger partial charge >= 0.3 is 12.0 Å². The highest BCUT2D eigenvalue weighted by Gasteiger charge is 2.41. The number of aliphatic carboxylic acids is 1. The molecule has 96 valence electrons.